The molecule has 4 rings (SSSR count). The van der Waals surface area contributed by atoms with Gasteiger partial charge in [-0.3, -0.25) is 19.5 Å². The molecule has 1 fully saturated rings. The zero-order chi connectivity index (χ0) is 24.9. The van der Waals surface area contributed by atoms with Crippen LogP contribution in [-0.2, 0) is 9.59 Å². The Labute approximate surface area is 205 Å². The zero-order valence-corrected chi connectivity index (χ0v) is 20.3. The van der Waals surface area contributed by atoms with E-state index in [0.717, 1.165) is 30.4 Å². The van der Waals surface area contributed by atoms with Crippen LogP contribution in [0, 0.1) is 13.8 Å². The number of unbranched alkanes of at least 4 members (excludes halogenated alkanes) is 2. The molecule has 0 aliphatic carbocycles. The van der Waals surface area contributed by atoms with Gasteiger partial charge in [-0.25, -0.2) is 0 Å². The lowest BCUT2D eigenvalue weighted by molar-refractivity contribution is -0.132. The van der Waals surface area contributed by atoms with Crippen LogP contribution in [0.15, 0.2) is 72.6 Å². The number of amides is 1. The van der Waals surface area contributed by atoms with E-state index in [1.54, 1.807) is 48.8 Å². The van der Waals surface area contributed by atoms with Gasteiger partial charge in [0.1, 0.15) is 11.5 Å². The highest BCUT2D eigenvalue weighted by Gasteiger charge is 2.47. The number of carbonyl (C=O) groups excluding carboxylic acids is 2. The van der Waals surface area contributed by atoms with Crippen LogP contribution in [0.25, 0.3) is 5.76 Å². The highest BCUT2D eigenvalue weighted by molar-refractivity contribution is 6.51. The first-order valence-corrected chi connectivity index (χ1v) is 11.9. The molecule has 6 heteroatoms. The maximum atomic E-state index is 13.3. The smallest absolute Gasteiger partial charge is 0.300 e. The molecular formula is C29H30N2O4. The van der Waals surface area contributed by atoms with E-state index < -0.39 is 17.7 Å². The quantitative estimate of drug-likeness (QED) is 0.192. The number of carbonyl (C=O) groups is 2. The molecule has 0 radical (unpaired) electrons. The van der Waals surface area contributed by atoms with E-state index in [4.69, 9.17) is 4.74 Å². The summed E-state index contributed by atoms with van der Waals surface area (Å²) in [6.07, 6.45) is 6.45. The Balaban J connectivity index is 1.76. The highest BCUT2D eigenvalue weighted by Crippen LogP contribution is 2.43. The van der Waals surface area contributed by atoms with Gasteiger partial charge in [0.25, 0.3) is 11.7 Å². The fraction of sp³-hybridized carbons (Fsp3) is 0.276. The zero-order valence-electron chi connectivity index (χ0n) is 20.3. The first-order chi connectivity index (χ1) is 16.9. The summed E-state index contributed by atoms with van der Waals surface area (Å²) in [5.74, 6) is -0.932. The third kappa shape index (κ3) is 4.97. The van der Waals surface area contributed by atoms with E-state index in [9.17, 15) is 14.7 Å². The number of ketones is 1. The predicted molar refractivity (Wildman–Crippen MR) is 136 cm³/mol. The molecule has 0 saturated carbocycles. The number of aliphatic hydroxyl groups is 1. The summed E-state index contributed by atoms with van der Waals surface area (Å²) >= 11 is 0. The average molecular weight is 471 g/mol. The normalized spacial score (nSPS) is 17.1. The molecule has 1 aromatic heterocycles. The van der Waals surface area contributed by atoms with Crippen LogP contribution in [0.5, 0.6) is 5.75 Å². The molecule has 1 unspecified atom stereocenters. The van der Waals surface area contributed by atoms with Crippen LogP contribution in [0.3, 0.4) is 0 Å². The lowest BCUT2D eigenvalue weighted by Gasteiger charge is -2.26. The van der Waals surface area contributed by atoms with Gasteiger partial charge >= 0.3 is 0 Å². The largest absolute Gasteiger partial charge is 0.507 e. The molecule has 1 amide bonds. The summed E-state index contributed by atoms with van der Waals surface area (Å²) in [5.41, 5.74) is 3.67. The first kappa shape index (κ1) is 24.2. The van der Waals surface area contributed by atoms with Crippen molar-refractivity contribution in [2.45, 2.75) is 46.1 Å². The summed E-state index contributed by atoms with van der Waals surface area (Å²) < 4.78 is 5.76. The highest BCUT2D eigenvalue weighted by atomic mass is 16.5. The van der Waals surface area contributed by atoms with Crippen LogP contribution >= 0.6 is 0 Å². The second-order valence-corrected chi connectivity index (χ2v) is 8.83. The number of aryl methyl sites for hydroxylation is 2. The molecule has 2 heterocycles. The number of aliphatic hydroxyl groups excluding tert-OH is 1. The minimum atomic E-state index is -0.796. The SMILES string of the molecule is CCCCCOc1ccc(/C(O)=C2\C(=O)C(=O)N(c3ccc(C)cc3C)C2c2cccnc2)cc1. The molecule has 0 bridgehead atoms. The summed E-state index contributed by atoms with van der Waals surface area (Å²) in [7, 11) is 0. The van der Waals surface area contributed by atoms with Crippen molar-refractivity contribution in [3.8, 4) is 5.75 Å². The Kier molecular flexibility index (Phi) is 7.30. The first-order valence-electron chi connectivity index (χ1n) is 11.9. The van der Waals surface area contributed by atoms with Crippen molar-refractivity contribution in [2.24, 2.45) is 0 Å². The third-order valence-corrected chi connectivity index (χ3v) is 6.20. The molecule has 180 valence electrons. The molecular weight excluding hydrogens is 440 g/mol. The number of aromatic nitrogens is 1. The van der Waals surface area contributed by atoms with E-state index >= 15 is 0 Å². The van der Waals surface area contributed by atoms with Gasteiger partial charge in [-0.1, -0.05) is 43.5 Å². The van der Waals surface area contributed by atoms with Crippen LogP contribution in [0.2, 0.25) is 0 Å². The number of ether oxygens (including phenoxy) is 1. The number of Topliss-reactive ketones (excluding diaryl/α,β-unsaturated/α-hetero) is 1. The van der Waals surface area contributed by atoms with Gasteiger partial charge in [-0.05, 0) is 67.8 Å². The fourth-order valence-corrected chi connectivity index (χ4v) is 4.42. The molecule has 1 atom stereocenters. The van der Waals surface area contributed by atoms with Crippen molar-refractivity contribution >= 4 is 23.1 Å². The maximum absolute atomic E-state index is 13.3. The van der Waals surface area contributed by atoms with Crippen LogP contribution < -0.4 is 9.64 Å². The van der Waals surface area contributed by atoms with Crippen molar-refractivity contribution < 1.29 is 19.4 Å². The number of nitrogens with zero attached hydrogens (tertiary/aromatic N) is 2. The summed E-state index contributed by atoms with van der Waals surface area (Å²) in [6.45, 7) is 6.64. The minimum absolute atomic E-state index is 0.0413. The van der Waals surface area contributed by atoms with E-state index in [1.165, 1.54) is 4.90 Å². The topological polar surface area (TPSA) is 79.7 Å². The Morgan fingerprint density at radius 1 is 1.06 bits per heavy atom. The average Bonchev–Trinajstić information content (AvgIpc) is 3.13. The van der Waals surface area contributed by atoms with E-state index in [1.807, 2.05) is 32.0 Å². The number of pyridine rings is 1. The van der Waals surface area contributed by atoms with Crippen molar-refractivity contribution in [1.29, 1.82) is 0 Å². The summed E-state index contributed by atoms with van der Waals surface area (Å²) in [6, 6.07) is 15.4. The molecule has 1 aliphatic heterocycles. The second-order valence-electron chi connectivity index (χ2n) is 8.83. The van der Waals surface area contributed by atoms with Crippen molar-refractivity contribution in [3.63, 3.8) is 0 Å². The van der Waals surface area contributed by atoms with Gasteiger partial charge in [0.05, 0.1) is 18.2 Å². The molecule has 1 saturated heterocycles. The lowest BCUT2D eigenvalue weighted by atomic mass is 9.96. The Bertz CT molecular complexity index is 1250. The van der Waals surface area contributed by atoms with E-state index in [2.05, 4.69) is 11.9 Å². The Morgan fingerprint density at radius 3 is 2.49 bits per heavy atom. The van der Waals surface area contributed by atoms with Gasteiger partial charge in [0.15, 0.2) is 0 Å². The maximum Gasteiger partial charge on any atom is 0.300 e. The number of anilines is 1. The summed E-state index contributed by atoms with van der Waals surface area (Å²) in [5, 5.41) is 11.3. The molecule has 2 aromatic carbocycles. The predicted octanol–water partition coefficient (Wildman–Crippen LogP) is 5.89. The van der Waals surface area contributed by atoms with Gasteiger partial charge in [-0.2, -0.15) is 0 Å². The monoisotopic (exact) mass is 470 g/mol. The molecule has 0 spiro atoms. The number of hydrogen-bond acceptors (Lipinski definition) is 5. The standard InChI is InChI=1S/C29H30N2O4/c1-4-5-6-16-35-23-12-10-21(11-13-23)27(32)25-26(22-8-7-15-30-18-22)31(29(34)28(25)33)24-14-9-19(2)17-20(24)3/h7-15,17-18,26,32H,4-6,16H2,1-3H3/b27-25+. The third-order valence-electron chi connectivity index (χ3n) is 6.20. The van der Waals surface area contributed by atoms with Crippen molar-refractivity contribution in [2.75, 3.05) is 11.5 Å². The Hall–Kier alpha value is -3.93. The molecule has 1 aliphatic rings. The molecule has 3 aromatic rings. The van der Waals surface area contributed by atoms with Crippen LogP contribution in [0.1, 0.15) is 54.5 Å². The summed E-state index contributed by atoms with van der Waals surface area (Å²) in [4.78, 5) is 32.2. The van der Waals surface area contributed by atoms with Crippen molar-refractivity contribution in [3.05, 3.63) is 94.8 Å². The lowest BCUT2D eigenvalue weighted by Crippen LogP contribution is -2.30. The van der Waals surface area contributed by atoms with E-state index in [0.29, 0.717) is 29.2 Å². The Morgan fingerprint density at radius 2 is 1.83 bits per heavy atom. The van der Waals surface area contributed by atoms with Crippen molar-refractivity contribution in [1.82, 2.24) is 4.98 Å². The fourth-order valence-electron chi connectivity index (χ4n) is 4.42. The number of hydrogen-bond donors (Lipinski definition) is 1. The van der Waals surface area contributed by atoms with Crippen LogP contribution in [0.4, 0.5) is 5.69 Å². The van der Waals surface area contributed by atoms with Gasteiger partial charge in [0.2, 0.25) is 0 Å². The van der Waals surface area contributed by atoms with E-state index in [-0.39, 0.29) is 11.3 Å². The molecule has 35 heavy (non-hydrogen) atoms. The van der Waals surface area contributed by atoms with Gasteiger partial charge < -0.3 is 9.84 Å². The molecule has 6 nitrogen and oxygen atoms in total. The second kappa shape index (κ2) is 10.6. The minimum Gasteiger partial charge on any atom is -0.507 e. The molecule has 1 N–H and O–H groups in total. The van der Waals surface area contributed by atoms with Gasteiger partial charge in [0, 0.05) is 23.6 Å². The number of rotatable bonds is 8. The van der Waals surface area contributed by atoms with Gasteiger partial charge in [-0.15, -0.1) is 0 Å². The van der Waals surface area contributed by atoms with Crippen LogP contribution in [-0.4, -0.2) is 28.4 Å². The number of benzene rings is 2.